The highest BCUT2D eigenvalue weighted by molar-refractivity contribution is 7.85. The lowest BCUT2D eigenvalue weighted by Gasteiger charge is -2.40. The molecule has 4 nitrogen and oxygen atoms in total. The molecule has 20 heavy (non-hydrogen) atoms. The Bertz CT molecular complexity index is 506. The van der Waals surface area contributed by atoms with E-state index in [2.05, 4.69) is 24.1 Å². The second kappa shape index (κ2) is 6.56. The Kier molecular flexibility index (Phi) is 5.23. The van der Waals surface area contributed by atoms with Gasteiger partial charge in [0, 0.05) is 47.5 Å². The minimum Gasteiger partial charge on any atom is -0.349 e. The summed E-state index contributed by atoms with van der Waals surface area (Å²) in [7, 11) is -0.677. The summed E-state index contributed by atoms with van der Waals surface area (Å²) in [6.45, 7) is 6.40. The third kappa shape index (κ3) is 4.04. The summed E-state index contributed by atoms with van der Waals surface area (Å²) in [6.07, 6.45) is 0. The molecule has 1 aromatic rings. The van der Waals surface area contributed by atoms with Crippen LogP contribution < -0.4 is 5.32 Å². The maximum atomic E-state index is 12.0. The molecule has 112 valence electrons. The smallest absolute Gasteiger partial charge is 0.261 e. The van der Waals surface area contributed by atoms with Gasteiger partial charge >= 0.3 is 0 Å². The van der Waals surface area contributed by atoms with Gasteiger partial charge in [-0.2, -0.15) is 0 Å². The van der Waals surface area contributed by atoms with E-state index in [1.54, 1.807) is 12.1 Å². The van der Waals surface area contributed by atoms with Crippen molar-refractivity contribution in [1.82, 2.24) is 10.2 Å². The Morgan fingerprint density at radius 2 is 2.10 bits per heavy atom. The van der Waals surface area contributed by atoms with E-state index in [4.69, 9.17) is 11.6 Å². The minimum atomic E-state index is -0.677. The second-order valence-electron chi connectivity index (χ2n) is 5.43. The Balaban J connectivity index is 1.88. The number of hydrogen-bond donors (Lipinski definition) is 1. The summed E-state index contributed by atoms with van der Waals surface area (Å²) in [5.74, 6) is 1.35. The molecule has 0 radical (unpaired) electrons. The van der Waals surface area contributed by atoms with Gasteiger partial charge in [-0.05, 0) is 26.0 Å². The van der Waals surface area contributed by atoms with Crippen molar-refractivity contribution in [2.75, 3.05) is 31.1 Å². The average molecular weight is 335 g/mol. The molecule has 1 saturated heterocycles. The van der Waals surface area contributed by atoms with Crippen molar-refractivity contribution in [1.29, 1.82) is 0 Å². The standard InChI is InChI=1S/C13H19ClN2O2S2/c1-13(2,16-5-7-20(18)8-6-16)9-15-12(17)10-3-4-11(14)19-10/h3-4H,5-9H2,1-2H3,(H,15,17). The average Bonchev–Trinajstić information content (AvgIpc) is 2.83. The Hall–Kier alpha value is -0.430. The fourth-order valence-electron chi connectivity index (χ4n) is 2.18. The number of carbonyl (C=O) groups excluding carboxylic acids is 1. The molecule has 0 saturated carbocycles. The topological polar surface area (TPSA) is 49.4 Å². The molecule has 0 unspecified atom stereocenters. The van der Waals surface area contributed by atoms with E-state index in [1.165, 1.54) is 11.3 Å². The van der Waals surface area contributed by atoms with E-state index in [-0.39, 0.29) is 11.4 Å². The van der Waals surface area contributed by atoms with Crippen LogP contribution in [-0.4, -0.2) is 51.7 Å². The van der Waals surface area contributed by atoms with Gasteiger partial charge in [-0.15, -0.1) is 11.3 Å². The van der Waals surface area contributed by atoms with Crippen molar-refractivity contribution in [3.8, 4) is 0 Å². The van der Waals surface area contributed by atoms with Crippen LogP contribution in [0, 0.1) is 0 Å². The number of hydrogen-bond acceptors (Lipinski definition) is 4. The van der Waals surface area contributed by atoms with Crippen LogP contribution in [0.5, 0.6) is 0 Å². The molecule has 1 aliphatic rings. The van der Waals surface area contributed by atoms with E-state index in [0.29, 0.717) is 15.8 Å². The maximum absolute atomic E-state index is 12.0. The van der Waals surface area contributed by atoms with Crippen LogP contribution in [-0.2, 0) is 10.8 Å². The van der Waals surface area contributed by atoms with E-state index in [1.807, 2.05) is 0 Å². The number of carbonyl (C=O) groups is 1. The number of rotatable bonds is 4. The SMILES string of the molecule is CC(C)(CNC(=O)c1ccc(Cl)s1)N1CCS(=O)CC1. The first-order valence-corrected chi connectivity index (χ1v) is 9.20. The highest BCUT2D eigenvalue weighted by Gasteiger charge is 2.30. The molecule has 2 heterocycles. The number of amides is 1. The summed E-state index contributed by atoms with van der Waals surface area (Å²) in [5.41, 5.74) is -0.138. The highest BCUT2D eigenvalue weighted by atomic mass is 35.5. The van der Waals surface area contributed by atoms with Crippen molar-refractivity contribution < 1.29 is 9.00 Å². The summed E-state index contributed by atoms with van der Waals surface area (Å²) in [6, 6.07) is 3.46. The van der Waals surface area contributed by atoms with Crippen molar-refractivity contribution in [2.24, 2.45) is 0 Å². The first-order valence-electron chi connectivity index (χ1n) is 6.52. The maximum Gasteiger partial charge on any atom is 0.261 e. The molecule has 0 bridgehead atoms. The summed E-state index contributed by atoms with van der Waals surface area (Å²) in [5, 5.41) is 2.96. The van der Waals surface area contributed by atoms with Crippen molar-refractivity contribution in [3.05, 3.63) is 21.3 Å². The fourth-order valence-corrected chi connectivity index (χ4v) is 4.19. The molecule has 1 amide bonds. The van der Waals surface area contributed by atoms with Gasteiger partial charge in [-0.1, -0.05) is 11.6 Å². The van der Waals surface area contributed by atoms with Crippen LogP contribution in [0.4, 0.5) is 0 Å². The lowest BCUT2D eigenvalue weighted by molar-refractivity contribution is 0.0887. The van der Waals surface area contributed by atoms with Gasteiger partial charge in [-0.25, -0.2) is 0 Å². The molecule has 0 aliphatic carbocycles. The van der Waals surface area contributed by atoms with Crippen LogP contribution in [0.2, 0.25) is 4.34 Å². The molecular weight excluding hydrogens is 316 g/mol. The Labute approximate surface area is 130 Å². The zero-order valence-electron chi connectivity index (χ0n) is 11.6. The van der Waals surface area contributed by atoms with E-state index in [0.717, 1.165) is 24.6 Å². The lowest BCUT2D eigenvalue weighted by atomic mass is 10.0. The molecule has 0 aromatic carbocycles. The summed E-state index contributed by atoms with van der Waals surface area (Å²) < 4.78 is 12.0. The number of nitrogens with zero attached hydrogens (tertiary/aromatic N) is 1. The van der Waals surface area contributed by atoms with Gasteiger partial charge < -0.3 is 5.32 Å². The van der Waals surface area contributed by atoms with Crippen molar-refractivity contribution in [3.63, 3.8) is 0 Å². The zero-order valence-corrected chi connectivity index (χ0v) is 14.0. The van der Waals surface area contributed by atoms with Gasteiger partial charge in [0.1, 0.15) is 0 Å². The summed E-state index contributed by atoms with van der Waals surface area (Å²) >= 11 is 7.11. The Morgan fingerprint density at radius 1 is 1.45 bits per heavy atom. The van der Waals surface area contributed by atoms with Crippen LogP contribution in [0.25, 0.3) is 0 Å². The third-order valence-corrected chi connectivity index (χ3v) is 6.02. The molecular formula is C13H19ClN2O2S2. The molecule has 1 N–H and O–H groups in total. The van der Waals surface area contributed by atoms with Gasteiger partial charge in [-0.3, -0.25) is 13.9 Å². The monoisotopic (exact) mass is 334 g/mol. The molecule has 0 atom stereocenters. The van der Waals surface area contributed by atoms with Crippen LogP contribution in [0.15, 0.2) is 12.1 Å². The van der Waals surface area contributed by atoms with Gasteiger partial charge in [0.05, 0.1) is 9.21 Å². The highest BCUT2D eigenvalue weighted by Crippen LogP contribution is 2.21. The van der Waals surface area contributed by atoms with E-state index >= 15 is 0 Å². The summed E-state index contributed by atoms with van der Waals surface area (Å²) in [4.78, 5) is 14.9. The molecule has 0 spiro atoms. The molecule has 7 heteroatoms. The quantitative estimate of drug-likeness (QED) is 0.916. The van der Waals surface area contributed by atoms with Crippen LogP contribution in [0.3, 0.4) is 0 Å². The van der Waals surface area contributed by atoms with E-state index < -0.39 is 10.8 Å². The zero-order chi connectivity index (χ0) is 14.8. The third-order valence-electron chi connectivity index (χ3n) is 3.51. The molecule has 2 rings (SSSR count). The molecule has 1 aliphatic heterocycles. The Morgan fingerprint density at radius 3 is 2.65 bits per heavy atom. The van der Waals surface area contributed by atoms with Gasteiger partial charge in [0.2, 0.25) is 0 Å². The molecule has 1 aromatic heterocycles. The van der Waals surface area contributed by atoms with Crippen molar-refractivity contribution in [2.45, 2.75) is 19.4 Å². The largest absolute Gasteiger partial charge is 0.349 e. The van der Waals surface area contributed by atoms with E-state index in [9.17, 15) is 9.00 Å². The molecule has 1 fully saturated rings. The number of thiophene rings is 1. The van der Waals surface area contributed by atoms with Crippen molar-refractivity contribution >= 4 is 39.6 Å². The van der Waals surface area contributed by atoms with Gasteiger partial charge in [0.25, 0.3) is 5.91 Å². The normalized spacial score (nSPS) is 18.1. The number of nitrogens with one attached hydrogen (secondary N) is 1. The second-order valence-corrected chi connectivity index (χ2v) is 8.85. The first kappa shape index (κ1) is 15.9. The minimum absolute atomic E-state index is 0.0874. The predicted molar refractivity (Wildman–Crippen MR) is 85.2 cm³/mol. The first-order chi connectivity index (χ1) is 9.38. The lowest BCUT2D eigenvalue weighted by Crippen LogP contribution is -2.55. The fraction of sp³-hybridized carbons (Fsp3) is 0.615. The number of halogens is 1. The van der Waals surface area contributed by atoms with Gasteiger partial charge in [0.15, 0.2) is 0 Å². The van der Waals surface area contributed by atoms with Crippen LogP contribution >= 0.6 is 22.9 Å². The van der Waals surface area contributed by atoms with Crippen LogP contribution in [0.1, 0.15) is 23.5 Å². The predicted octanol–water partition coefficient (Wildman–Crippen LogP) is 1.97.